The molecule has 0 saturated heterocycles. The maximum absolute atomic E-state index is 12.5. The summed E-state index contributed by atoms with van der Waals surface area (Å²) in [6.45, 7) is 5.40. The number of hydrogen-bond acceptors (Lipinski definition) is 17. The number of benzene rings is 4. The van der Waals surface area contributed by atoms with Crippen molar-refractivity contribution in [2.24, 2.45) is 41.5 Å². The van der Waals surface area contributed by atoms with Gasteiger partial charge in [0.1, 0.15) is 35.9 Å². The summed E-state index contributed by atoms with van der Waals surface area (Å²) in [4.78, 5) is 81.0. The van der Waals surface area contributed by atoms with Crippen LogP contribution in [0.25, 0.3) is 10.9 Å². The number of nitrogens with zero attached hydrogens (tertiary/aromatic N) is 3. The Bertz CT molecular complexity index is 3260. The van der Waals surface area contributed by atoms with E-state index in [0.717, 1.165) is 51.3 Å². The van der Waals surface area contributed by atoms with Crippen LogP contribution in [0.5, 0.6) is 17.2 Å². The molecule has 6 atom stereocenters. The zero-order chi connectivity index (χ0) is 59.3. The third-order valence-corrected chi connectivity index (χ3v) is 16.3. The van der Waals surface area contributed by atoms with Crippen LogP contribution in [-0.4, -0.2) is 93.2 Å². The Morgan fingerprint density at radius 3 is 1.80 bits per heavy atom. The Labute approximate surface area is 480 Å². The highest BCUT2D eigenvalue weighted by molar-refractivity contribution is 5.98. The summed E-state index contributed by atoms with van der Waals surface area (Å²) in [7, 11) is 4.50. The van der Waals surface area contributed by atoms with E-state index in [-0.39, 0.29) is 13.0 Å². The van der Waals surface area contributed by atoms with Crippen LogP contribution in [0.4, 0.5) is 0 Å². The molecule has 4 fully saturated rings. The molecule has 440 valence electrons. The average molecular weight is 1140 g/mol. The predicted molar refractivity (Wildman–Crippen MR) is 298 cm³/mol. The van der Waals surface area contributed by atoms with Crippen LogP contribution in [0.15, 0.2) is 116 Å². The van der Waals surface area contributed by atoms with Crippen molar-refractivity contribution < 1.29 is 72.8 Å². The van der Waals surface area contributed by atoms with Gasteiger partial charge in [0.2, 0.25) is 17.7 Å². The lowest BCUT2D eigenvalue weighted by Gasteiger charge is -2.21. The highest BCUT2D eigenvalue weighted by Crippen LogP contribution is 2.58. The molecular weight excluding hydrogens is 1070 g/mol. The Balaban J connectivity index is 0.000000163. The summed E-state index contributed by atoms with van der Waals surface area (Å²) in [5.74, 6) is -2.10. The molecule has 0 spiro atoms. The lowest BCUT2D eigenvalue weighted by atomic mass is 9.90. The fourth-order valence-electron chi connectivity index (χ4n) is 11.3. The van der Waals surface area contributed by atoms with E-state index in [2.05, 4.69) is 9.97 Å². The molecule has 4 aliphatic carbocycles. The van der Waals surface area contributed by atoms with Crippen molar-refractivity contribution in [1.29, 1.82) is 0 Å². The molecule has 4 saturated carbocycles. The number of methoxy groups -OCH3 is 2. The number of amides is 3. The zero-order valence-electron chi connectivity index (χ0n) is 47.3. The Hall–Kier alpha value is -8.40. The molecule has 10 rings (SSSR count). The van der Waals surface area contributed by atoms with Crippen molar-refractivity contribution in [3.63, 3.8) is 0 Å². The molecule has 21 nitrogen and oxygen atoms in total. The number of rotatable bonds is 21. The minimum Gasteiger partial charge on any atom is -0.493 e. The van der Waals surface area contributed by atoms with Crippen molar-refractivity contribution in [3.8, 4) is 17.2 Å². The van der Waals surface area contributed by atoms with Crippen molar-refractivity contribution in [3.05, 3.63) is 149 Å². The van der Waals surface area contributed by atoms with E-state index >= 15 is 0 Å². The first kappa shape index (κ1) is 60.7. The van der Waals surface area contributed by atoms with Gasteiger partial charge >= 0.3 is 17.9 Å². The Morgan fingerprint density at radius 1 is 0.639 bits per heavy atom. The lowest BCUT2D eigenvalue weighted by molar-refractivity contribution is -0.152. The molecule has 3 amide bonds. The Kier molecular flexibility index (Phi) is 19.8. The highest BCUT2D eigenvalue weighted by Gasteiger charge is 2.67. The van der Waals surface area contributed by atoms with Gasteiger partial charge in [0.15, 0.2) is 0 Å². The van der Waals surface area contributed by atoms with E-state index in [1.54, 1.807) is 60.2 Å². The Morgan fingerprint density at radius 2 is 1.22 bits per heavy atom. The summed E-state index contributed by atoms with van der Waals surface area (Å²) in [6, 6.07) is 32.0. The molecular formula is C62H72N6O15. The van der Waals surface area contributed by atoms with Crippen LogP contribution in [0.3, 0.4) is 0 Å². The topological polar surface area (TPSA) is 285 Å². The van der Waals surface area contributed by atoms with E-state index in [1.807, 2.05) is 97.4 Å². The molecule has 6 N–H and O–H groups in total. The fraction of sp³-hybridized carbons (Fsp3) is 0.419. The second-order valence-electron chi connectivity index (χ2n) is 21.7. The van der Waals surface area contributed by atoms with Gasteiger partial charge in [-0.05, 0) is 130 Å². The second-order valence-corrected chi connectivity index (χ2v) is 21.7. The SMILES string of the molecule is CCOC(=O)[C@@]1(Cc2ccc(OCc3cncn3C)cc2)C[C@@H]1C(=O)NO.COC(=O)[C@@]1(Cc2ccc(OCC3CCCCC3)cc2)C[C@@H]1C(=O)NO.COC(=O)[C@]1(c2cccc(OCc3cc(C)nc4ccccc34)c2)C[C@H]1C(=O)NO. The van der Waals surface area contributed by atoms with Gasteiger partial charge < -0.3 is 33.0 Å². The third kappa shape index (κ3) is 14.1. The molecule has 0 bridgehead atoms. The minimum absolute atomic E-state index is 0.245. The number of para-hydroxylation sites is 1. The first-order valence-electron chi connectivity index (χ1n) is 27.7. The number of hydrogen-bond donors (Lipinski definition) is 6. The first-order valence-corrected chi connectivity index (χ1v) is 27.7. The van der Waals surface area contributed by atoms with Crippen LogP contribution >= 0.6 is 0 Å². The average Bonchev–Trinajstić information content (AvgIpc) is 3.23. The van der Waals surface area contributed by atoms with E-state index in [4.69, 9.17) is 44.0 Å². The van der Waals surface area contributed by atoms with Gasteiger partial charge in [-0.25, -0.2) is 21.4 Å². The molecule has 0 radical (unpaired) electrons. The van der Waals surface area contributed by atoms with Gasteiger partial charge in [-0.3, -0.25) is 49.4 Å². The summed E-state index contributed by atoms with van der Waals surface area (Å²) >= 11 is 0. The normalized spacial score (nSPS) is 21.9. The number of ether oxygens (including phenoxy) is 6. The maximum atomic E-state index is 12.5. The number of fused-ring (bicyclic) bond motifs is 1. The standard InChI is InChI=1S/C23H22N2O5.C20H27NO5.C19H23N3O5/c1-14-10-15(18-8-3-4-9-20(18)24-14)13-30-17-7-5-6-16(11-17)23(22(27)29-2)12-19(23)21(26)25-28;1-25-19(23)20(12-17(20)18(22)21-24)11-14-7-9-16(10-8-14)26-13-15-5-3-2-4-6-15;1-3-26-18(24)19(9-16(19)17(23)21-25)8-13-4-6-15(7-5-13)27-11-14-10-20-12-22(14)2/h3-11,19,28H,12-13H2,1-2H3,(H,25,26);7-10,15,17,24H,2-6,11-13H2,1H3,(H,21,22);4-7,10,12,16,25H,3,8-9,11H2,1-2H3,(H,21,23)/t19-,23-;17-,20+;16-,19+/m011/s1. The molecule has 6 aromatic rings. The van der Waals surface area contributed by atoms with E-state index < -0.39 is 69.6 Å². The molecule has 83 heavy (non-hydrogen) atoms. The maximum Gasteiger partial charge on any atom is 0.317 e. The lowest BCUT2D eigenvalue weighted by Crippen LogP contribution is -2.31. The van der Waals surface area contributed by atoms with Gasteiger partial charge in [0, 0.05) is 23.7 Å². The number of aryl methyl sites for hydroxylation is 2. The van der Waals surface area contributed by atoms with Gasteiger partial charge in [0.25, 0.3) is 0 Å². The van der Waals surface area contributed by atoms with Crippen LogP contribution in [-0.2, 0) is 81.5 Å². The van der Waals surface area contributed by atoms with Crippen LogP contribution in [0.1, 0.15) is 91.9 Å². The summed E-state index contributed by atoms with van der Waals surface area (Å²) < 4.78 is 34.5. The van der Waals surface area contributed by atoms with E-state index in [9.17, 15) is 28.8 Å². The third-order valence-electron chi connectivity index (χ3n) is 16.3. The molecule has 2 aromatic heterocycles. The largest absolute Gasteiger partial charge is 0.493 e. The van der Waals surface area contributed by atoms with Crippen molar-refractivity contribution in [2.45, 2.75) is 96.7 Å². The molecule has 0 unspecified atom stereocenters. The number of hydroxylamine groups is 3. The first-order chi connectivity index (χ1) is 40.1. The zero-order valence-corrected chi connectivity index (χ0v) is 47.3. The molecule has 0 aliphatic heterocycles. The summed E-state index contributed by atoms with van der Waals surface area (Å²) in [6.07, 6.45) is 11.7. The van der Waals surface area contributed by atoms with E-state index in [1.165, 1.54) is 46.3 Å². The van der Waals surface area contributed by atoms with Crippen molar-refractivity contribution >= 4 is 46.5 Å². The fourth-order valence-corrected chi connectivity index (χ4v) is 11.3. The van der Waals surface area contributed by atoms with Crippen LogP contribution in [0, 0.1) is 41.4 Å². The van der Waals surface area contributed by atoms with Gasteiger partial charge in [-0.1, -0.05) is 73.9 Å². The number of nitrogens with one attached hydrogen (secondary N) is 3. The minimum atomic E-state index is -1.11. The van der Waals surface area contributed by atoms with Gasteiger partial charge in [-0.2, -0.15) is 0 Å². The van der Waals surface area contributed by atoms with E-state index in [0.29, 0.717) is 61.9 Å². The number of pyridine rings is 1. The number of esters is 3. The molecule has 4 aromatic carbocycles. The summed E-state index contributed by atoms with van der Waals surface area (Å²) in [5.41, 5.74) is 8.22. The van der Waals surface area contributed by atoms with Gasteiger partial charge in [-0.15, -0.1) is 0 Å². The number of carbonyl (C=O) groups excluding carboxylic acids is 6. The number of aromatic nitrogens is 3. The summed E-state index contributed by atoms with van der Waals surface area (Å²) in [5, 5.41) is 27.7. The van der Waals surface area contributed by atoms with Crippen LogP contribution < -0.4 is 30.7 Å². The predicted octanol–water partition coefficient (Wildman–Crippen LogP) is 7.55. The molecule has 21 heteroatoms. The number of carbonyl (C=O) groups is 6. The second kappa shape index (κ2) is 27.1. The van der Waals surface area contributed by atoms with Crippen LogP contribution in [0.2, 0.25) is 0 Å². The smallest absolute Gasteiger partial charge is 0.317 e. The van der Waals surface area contributed by atoms with Crippen molar-refractivity contribution in [1.82, 2.24) is 31.0 Å². The van der Waals surface area contributed by atoms with Gasteiger partial charge in [0.05, 0.1) is 79.8 Å². The number of imidazole rings is 1. The quantitative estimate of drug-likeness (QED) is 0.0176. The molecule has 2 heterocycles. The monoisotopic (exact) mass is 1140 g/mol. The highest BCUT2D eigenvalue weighted by atomic mass is 16.5. The van der Waals surface area contributed by atoms with Crippen molar-refractivity contribution in [2.75, 3.05) is 27.4 Å². The molecule has 4 aliphatic rings.